The quantitative estimate of drug-likeness (QED) is 0.731. The highest BCUT2D eigenvalue weighted by Crippen LogP contribution is 2.26. The average molecular weight is 323 g/mol. The normalized spacial score (nSPS) is 11.1. The molecule has 3 aromatic rings. The summed E-state index contributed by atoms with van der Waals surface area (Å²) in [5.74, 6) is -1.38. The molecule has 21 heavy (non-hydrogen) atoms. The highest BCUT2D eigenvalue weighted by molar-refractivity contribution is 7.99. The zero-order chi connectivity index (χ0) is 14.8. The van der Waals surface area contributed by atoms with Crippen LogP contribution >= 0.6 is 23.1 Å². The van der Waals surface area contributed by atoms with Crippen molar-refractivity contribution in [2.45, 2.75) is 11.7 Å². The Labute approximate surface area is 127 Å². The first-order valence-corrected chi connectivity index (χ1v) is 7.89. The topological polar surface area (TPSA) is 68.0 Å². The van der Waals surface area contributed by atoms with Gasteiger partial charge in [-0.15, -0.1) is 11.3 Å². The van der Waals surface area contributed by atoms with Crippen LogP contribution in [-0.2, 0) is 11.3 Å². The number of halogens is 1. The van der Waals surface area contributed by atoms with Gasteiger partial charge in [-0.3, -0.25) is 4.79 Å². The molecule has 3 rings (SSSR count). The van der Waals surface area contributed by atoms with Gasteiger partial charge in [0.05, 0.1) is 23.3 Å². The number of rotatable bonds is 5. The Hall–Kier alpha value is -1.93. The summed E-state index contributed by atoms with van der Waals surface area (Å²) in [5.41, 5.74) is 1.28. The number of hydrogen-bond donors (Lipinski definition) is 1. The molecular weight excluding hydrogens is 313 g/mol. The molecule has 0 fully saturated rings. The number of nitrogens with zero attached hydrogens (tertiary/aromatic N) is 3. The van der Waals surface area contributed by atoms with Crippen LogP contribution in [0.2, 0.25) is 0 Å². The molecule has 0 saturated carbocycles. The van der Waals surface area contributed by atoms with Crippen LogP contribution in [0.15, 0.2) is 34.9 Å². The summed E-state index contributed by atoms with van der Waals surface area (Å²) >= 11 is 2.62. The molecule has 0 aliphatic rings. The first-order valence-electron chi connectivity index (χ1n) is 6.02. The number of carboxylic acids is 1. The van der Waals surface area contributed by atoms with E-state index in [1.54, 1.807) is 12.3 Å². The van der Waals surface area contributed by atoms with Gasteiger partial charge in [0.25, 0.3) is 0 Å². The number of benzene rings is 1. The fraction of sp³-hybridized carbons (Fsp3) is 0.154. The number of aromatic nitrogens is 3. The van der Waals surface area contributed by atoms with Crippen molar-refractivity contribution in [2.24, 2.45) is 0 Å². The number of thioether (sulfide) groups is 1. The van der Waals surface area contributed by atoms with Crippen molar-refractivity contribution in [3.05, 3.63) is 40.6 Å². The molecule has 1 N–H and O–H groups in total. The molecule has 0 radical (unpaired) electrons. The van der Waals surface area contributed by atoms with Crippen molar-refractivity contribution in [1.82, 2.24) is 14.5 Å². The third kappa shape index (κ3) is 3.06. The smallest absolute Gasteiger partial charge is 0.313 e. The molecule has 8 heteroatoms. The van der Waals surface area contributed by atoms with Gasteiger partial charge in [-0.1, -0.05) is 11.8 Å². The SMILES string of the molecule is O=C(O)CSc1nc2cc(F)ccc2n1Cc1nccs1. The standard InChI is InChI=1S/C13H10FN3O2S2/c14-8-1-2-10-9(5-8)16-13(21-7-12(18)19)17(10)6-11-15-3-4-20-11/h1-5H,6-7H2,(H,18,19). The lowest BCUT2D eigenvalue weighted by molar-refractivity contribution is -0.133. The monoisotopic (exact) mass is 323 g/mol. The van der Waals surface area contributed by atoms with E-state index in [4.69, 9.17) is 5.11 Å². The van der Waals surface area contributed by atoms with E-state index >= 15 is 0 Å². The maximum atomic E-state index is 13.3. The lowest BCUT2D eigenvalue weighted by atomic mass is 10.3. The third-order valence-electron chi connectivity index (χ3n) is 2.78. The fourth-order valence-electron chi connectivity index (χ4n) is 1.94. The minimum Gasteiger partial charge on any atom is -0.481 e. The summed E-state index contributed by atoms with van der Waals surface area (Å²) in [4.78, 5) is 19.3. The third-order valence-corrected chi connectivity index (χ3v) is 4.50. The van der Waals surface area contributed by atoms with Gasteiger partial charge in [-0.25, -0.2) is 14.4 Å². The highest BCUT2D eigenvalue weighted by Gasteiger charge is 2.14. The van der Waals surface area contributed by atoms with E-state index in [1.807, 2.05) is 9.95 Å². The number of aliphatic carboxylic acids is 1. The maximum Gasteiger partial charge on any atom is 0.313 e. The molecule has 0 amide bonds. The maximum absolute atomic E-state index is 13.3. The summed E-state index contributed by atoms with van der Waals surface area (Å²) in [7, 11) is 0. The van der Waals surface area contributed by atoms with Crippen molar-refractivity contribution in [3.8, 4) is 0 Å². The second-order valence-corrected chi connectivity index (χ2v) is 6.14. The van der Waals surface area contributed by atoms with Crippen LogP contribution in [0.1, 0.15) is 5.01 Å². The molecule has 2 aromatic heterocycles. The average Bonchev–Trinajstić information content (AvgIpc) is 3.05. The van der Waals surface area contributed by atoms with Crippen LogP contribution in [0.3, 0.4) is 0 Å². The van der Waals surface area contributed by atoms with Gasteiger partial charge in [0.15, 0.2) is 5.16 Å². The Morgan fingerprint density at radius 2 is 2.33 bits per heavy atom. The highest BCUT2D eigenvalue weighted by atomic mass is 32.2. The Morgan fingerprint density at radius 3 is 3.05 bits per heavy atom. The molecule has 0 saturated heterocycles. The van der Waals surface area contributed by atoms with E-state index in [9.17, 15) is 9.18 Å². The fourth-order valence-corrected chi connectivity index (χ4v) is 3.27. The summed E-state index contributed by atoms with van der Waals surface area (Å²) in [6.07, 6.45) is 1.71. The molecular formula is C13H10FN3O2S2. The van der Waals surface area contributed by atoms with Crippen LogP contribution in [0.4, 0.5) is 4.39 Å². The predicted molar refractivity (Wildman–Crippen MR) is 79.3 cm³/mol. The van der Waals surface area contributed by atoms with E-state index in [1.165, 1.54) is 23.5 Å². The molecule has 1 aromatic carbocycles. The van der Waals surface area contributed by atoms with Crippen LogP contribution < -0.4 is 0 Å². The molecule has 0 unspecified atom stereocenters. The second kappa shape index (κ2) is 5.82. The van der Waals surface area contributed by atoms with Crippen molar-refractivity contribution in [1.29, 1.82) is 0 Å². The summed E-state index contributed by atoms with van der Waals surface area (Å²) in [6, 6.07) is 4.36. The Bertz CT molecular complexity index is 786. The van der Waals surface area contributed by atoms with E-state index in [0.717, 1.165) is 22.3 Å². The molecule has 0 atom stereocenters. The van der Waals surface area contributed by atoms with Crippen molar-refractivity contribution >= 4 is 40.1 Å². The number of carbonyl (C=O) groups is 1. The second-order valence-electron chi connectivity index (χ2n) is 4.22. The van der Waals surface area contributed by atoms with E-state index in [2.05, 4.69) is 9.97 Å². The summed E-state index contributed by atoms with van der Waals surface area (Å²) in [6.45, 7) is 0.488. The van der Waals surface area contributed by atoms with Gasteiger partial charge >= 0.3 is 5.97 Å². The number of hydrogen-bond acceptors (Lipinski definition) is 5. The number of imidazole rings is 1. The van der Waals surface area contributed by atoms with Gasteiger partial charge in [-0.2, -0.15) is 0 Å². The number of thiazole rings is 1. The van der Waals surface area contributed by atoms with Crippen LogP contribution in [0.25, 0.3) is 11.0 Å². The lowest BCUT2D eigenvalue weighted by Crippen LogP contribution is -2.04. The minimum atomic E-state index is -0.918. The van der Waals surface area contributed by atoms with Gasteiger partial charge < -0.3 is 9.67 Å². The summed E-state index contributed by atoms with van der Waals surface area (Å²) in [5, 5.41) is 12.1. The zero-order valence-electron chi connectivity index (χ0n) is 10.7. The molecule has 0 aliphatic carbocycles. The molecule has 5 nitrogen and oxygen atoms in total. The van der Waals surface area contributed by atoms with Crippen LogP contribution in [0.5, 0.6) is 0 Å². The largest absolute Gasteiger partial charge is 0.481 e. The van der Waals surface area contributed by atoms with E-state index in [-0.39, 0.29) is 11.6 Å². The molecule has 0 bridgehead atoms. The molecule has 0 aliphatic heterocycles. The van der Waals surface area contributed by atoms with Crippen LogP contribution in [0, 0.1) is 5.82 Å². The first-order chi connectivity index (χ1) is 10.1. The van der Waals surface area contributed by atoms with Gasteiger partial charge in [-0.05, 0) is 12.1 Å². The van der Waals surface area contributed by atoms with E-state index in [0.29, 0.717) is 17.2 Å². The Balaban J connectivity index is 2.03. The number of fused-ring (bicyclic) bond motifs is 1. The zero-order valence-corrected chi connectivity index (χ0v) is 12.3. The molecule has 108 valence electrons. The molecule has 2 heterocycles. The van der Waals surface area contributed by atoms with Gasteiger partial charge in [0.1, 0.15) is 10.8 Å². The Morgan fingerprint density at radius 1 is 1.48 bits per heavy atom. The molecule has 0 spiro atoms. The van der Waals surface area contributed by atoms with Crippen molar-refractivity contribution < 1.29 is 14.3 Å². The predicted octanol–water partition coefficient (Wildman–Crippen LogP) is 2.86. The lowest BCUT2D eigenvalue weighted by Gasteiger charge is -2.06. The van der Waals surface area contributed by atoms with Crippen molar-refractivity contribution in [3.63, 3.8) is 0 Å². The minimum absolute atomic E-state index is 0.0936. The van der Waals surface area contributed by atoms with Gasteiger partial charge in [0.2, 0.25) is 0 Å². The van der Waals surface area contributed by atoms with Crippen LogP contribution in [-0.4, -0.2) is 31.4 Å². The Kier molecular flexibility index (Phi) is 3.89. The summed E-state index contributed by atoms with van der Waals surface area (Å²) < 4.78 is 15.2. The van der Waals surface area contributed by atoms with E-state index < -0.39 is 5.97 Å². The number of carboxylic acid groups (broad SMARTS) is 1. The van der Waals surface area contributed by atoms with Gasteiger partial charge in [0, 0.05) is 17.6 Å². The first kappa shape index (κ1) is 14.0. The van der Waals surface area contributed by atoms with Crippen molar-refractivity contribution in [2.75, 3.05) is 5.75 Å².